The second-order valence-electron chi connectivity index (χ2n) is 6.54. The van der Waals surface area contributed by atoms with Gasteiger partial charge in [0.05, 0.1) is 7.05 Å². The summed E-state index contributed by atoms with van der Waals surface area (Å²) in [6.45, 7) is 7.21. The molecule has 1 N–H and O–H groups in total. The minimum absolute atomic E-state index is 0.137. The molecule has 3 aromatic rings. The molecule has 24 heavy (non-hydrogen) atoms. The van der Waals surface area contributed by atoms with E-state index in [0.29, 0.717) is 11.8 Å². The van der Waals surface area contributed by atoms with Gasteiger partial charge in [-0.3, -0.25) is 0 Å². The number of quaternary nitrogens is 1. The summed E-state index contributed by atoms with van der Waals surface area (Å²) in [5, 5.41) is 8.46. The molecule has 4 heteroatoms. The largest absolute Gasteiger partial charge is 0.415 e. The van der Waals surface area contributed by atoms with E-state index in [4.69, 9.17) is 4.42 Å². The van der Waals surface area contributed by atoms with Crippen molar-refractivity contribution < 1.29 is 9.32 Å². The zero-order valence-corrected chi connectivity index (χ0v) is 14.7. The fraction of sp³-hybridized carbons (Fsp3) is 0.300. The van der Waals surface area contributed by atoms with Gasteiger partial charge in [0, 0.05) is 11.1 Å². The van der Waals surface area contributed by atoms with Gasteiger partial charge in [-0.25, -0.2) is 0 Å². The average Bonchev–Trinajstić information content (AvgIpc) is 3.07. The van der Waals surface area contributed by atoms with Crippen LogP contribution >= 0.6 is 0 Å². The van der Waals surface area contributed by atoms with Gasteiger partial charge in [0.2, 0.25) is 5.89 Å². The summed E-state index contributed by atoms with van der Waals surface area (Å²) in [6, 6.07) is 16.9. The molecule has 1 aromatic heterocycles. The Kier molecular flexibility index (Phi) is 4.76. The van der Waals surface area contributed by atoms with Gasteiger partial charge in [0.25, 0.3) is 5.89 Å². The Hall–Kier alpha value is -2.46. The first-order valence-electron chi connectivity index (χ1n) is 8.31. The summed E-state index contributed by atoms with van der Waals surface area (Å²) >= 11 is 0. The highest BCUT2D eigenvalue weighted by molar-refractivity contribution is 5.52. The summed E-state index contributed by atoms with van der Waals surface area (Å²) in [7, 11) is 2.15. The van der Waals surface area contributed by atoms with Gasteiger partial charge in [-0.15, -0.1) is 10.2 Å². The van der Waals surface area contributed by atoms with Gasteiger partial charge in [-0.2, -0.15) is 0 Å². The van der Waals surface area contributed by atoms with Crippen molar-refractivity contribution in [2.75, 3.05) is 7.05 Å². The van der Waals surface area contributed by atoms with E-state index >= 15 is 0 Å². The zero-order valence-electron chi connectivity index (χ0n) is 14.7. The van der Waals surface area contributed by atoms with Crippen molar-refractivity contribution in [2.24, 2.45) is 0 Å². The van der Waals surface area contributed by atoms with E-state index in [-0.39, 0.29) is 6.04 Å². The van der Waals surface area contributed by atoms with E-state index < -0.39 is 0 Å². The molecule has 0 aliphatic heterocycles. The Bertz CT molecular complexity index is 791. The Labute approximate surface area is 143 Å². The van der Waals surface area contributed by atoms with Gasteiger partial charge in [-0.1, -0.05) is 47.5 Å². The highest BCUT2D eigenvalue weighted by atomic mass is 16.4. The second-order valence-corrected chi connectivity index (χ2v) is 6.54. The molecule has 0 spiro atoms. The van der Waals surface area contributed by atoms with Crippen LogP contribution in [-0.2, 0) is 6.54 Å². The zero-order chi connectivity index (χ0) is 17.1. The van der Waals surface area contributed by atoms with Crippen LogP contribution in [-0.4, -0.2) is 17.2 Å². The van der Waals surface area contributed by atoms with Crippen LogP contribution in [0.25, 0.3) is 11.5 Å². The Balaban J connectivity index is 1.71. The van der Waals surface area contributed by atoms with Crippen LogP contribution in [0.2, 0.25) is 0 Å². The average molecular weight is 322 g/mol. The van der Waals surface area contributed by atoms with Crippen molar-refractivity contribution >= 4 is 0 Å². The molecule has 0 saturated heterocycles. The number of nitrogens with zero attached hydrogens (tertiary/aromatic N) is 2. The number of nitrogens with one attached hydrogen (secondary N) is 1. The van der Waals surface area contributed by atoms with Crippen molar-refractivity contribution in [3.8, 4) is 11.5 Å². The Morgan fingerprint density at radius 2 is 1.50 bits per heavy atom. The molecule has 0 amide bonds. The third kappa shape index (κ3) is 3.71. The molecule has 3 rings (SSSR count). The Morgan fingerprint density at radius 1 is 0.917 bits per heavy atom. The fourth-order valence-electron chi connectivity index (χ4n) is 2.61. The smallest absolute Gasteiger partial charge is 0.274 e. The van der Waals surface area contributed by atoms with E-state index in [0.717, 1.165) is 12.1 Å². The van der Waals surface area contributed by atoms with Crippen molar-refractivity contribution in [2.45, 2.75) is 33.4 Å². The molecule has 4 nitrogen and oxygen atoms in total. The molecule has 0 fully saturated rings. The third-order valence-electron chi connectivity index (χ3n) is 4.45. The van der Waals surface area contributed by atoms with Crippen LogP contribution in [0.5, 0.6) is 0 Å². The molecule has 2 atom stereocenters. The summed E-state index contributed by atoms with van der Waals surface area (Å²) in [5.41, 5.74) is 4.77. The van der Waals surface area contributed by atoms with Crippen LogP contribution in [0.4, 0.5) is 0 Å². The summed E-state index contributed by atoms with van der Waals surface area (Å²) in [4.78, 5) is 1.32. The molecule has 2 aromatic carbocycles. The SMILES string of the molecule is Cc1ccc(C[NH+](C)[C@H](C)c2nnc(-c3ccc(C)cc3)o2)cc1. The van der Waals surface area contributed by atoms with Crippen LogP contribution in [0.3, 0.4) is 0 Å². The summed E-state index contributed by atoms with van der Waals surface area (Å²) in [6.07, 6.45) is 0. The van der Waals surface area contributed by atoms with E-state index in [1.54, 1.807) is 0 Å². The maximum Gasteiger partial charge on any atom is 0.274 e. The van der Waals surface area contributed by atoms with Crippen molar-refractivity contribution in [3.63, 3.8) is 0 Å². The van der Waals surface area contributed by atoms with Gasteiger partial charge in [-0.05, 0) is 32.9 Å². The highest BCUT2D eigenvalue weighted by Crippen LogP contribution is 2.20. The predicted octanol–water partition coefficient (Wildman–Crippen LogP) is 3.13. The molecular formula is C20H24N3O+. The molecule has 0 bridgehead atoms. The van der Waals surface area contributed by atoms with E-state index in [9.17, 15) is 0 Å². The van der Waals surface area contributed by atoms with Gasteiger partial charge in [0.1, 0.15) is 6.54 Å². The Morgan fingerprint density at radius 3 is 2.12 bits per heavy atom. The standard InChI is InChI=1S/C20H23N3O/c1-14-5-9-17(10-6-14)13-23(4)16(3)19-21-22-20(24-19)18-11-7-15(2)8-12-18/h5-12,16H,13H2,1-4H3/p+1/t16-/m1/s1. The van der Waals surface area contributed by atoms with Crippen LogP contribution in [0.1, 0.15) is 35.5 Å². The third-order valence-corrected chi connectivity index (χ3v) is 4.45. The fourth-order valence-corrected chi connectivity index (χ4v) is 2.61. The van der Waals surface area contributed by atoms with Gasteiger partial charge >= 0.3 is 0 Å². The molecular weight excluding hydrogens is 298 g/mol. The first kappa shape index (κ1) is 16.4. The molecule has 124 valence electrons. The summed E-state index contributed by atoms with van der Waals surface area (Å²) in [5.74, 6) is 1.26. The minimum atomic E-state index is 0.137. The minimum Gasteiger partial charge on any atom is -0.415 e. The highest BCUT2D eigenvalue weighted by Gasteiger charge is 2.22. The number of aromatic nitrogens is 2. The lowest BCUT2D eigenvalue weighted by molar-refractivity contribution is -0.925. The van der Waals surface area contributed by atoms with E-state index in [2.05, 4.69) is 74.4 Å². The first-order chi connectivity index (χ1) is 11.5. The number of hydrogen-bond donors (Lipinski definition) is 1. The van der Waals surface area contributed by atoms with Crippen molar-refractivity contribution in [1.29, 1.82) is 0 Å². The number of hydrogen-bond acceptors (Lipinski definition) is 3. The van der Waals surface area contributed by atoms with E-state index in [1.807, 2.05) is 12.1 Å². The molecule has 0 aliphatic carbocycles. The van der Waals surface area contributed by atoms with Gasteiger partial charge < -0.3 is 9.32 Å². The predicted molar refractivity (Wildman–Crippen MR) is 94.7 cm³/mol. The second kappa shape index (κ2) is 6.97. The molecule has 1 heterocycles. The first-order valence-corrected chi connectivity index (χ1v) is 8.31. The lowest BCUT2D eigenvalue weighted by Gasteiger charge is -2.18. The normalized spacial score (nSPS) is 13.7. The quantitative estimate of drug-likeness (QED) is 0.785. The van der Waals surface area contributed by atoms with Crippen LogP contribution in [0.15, 0.2) is 52.9 Å². The maximum absolute atomic E-state index is 5.91. The lowest BCUT2D eigenvalue weighted by atomic mass is 10.1. The molecule has 1 unspecified atom stereocenters. The summed E-state index contributed by atoms with van der Waals surface area (Å²) < 4.78 is 5.91. The monoisotopic (exact) mass is 322 g/mol. The molecule has 0 aliphatic rings. The van der Waals surface area contributed by atoms with Crippen molar-refractivity contribution in [1.82, 2.24) is 10.2 Å². The number of rotatable bonds is 5. The topological polar surface area (TPSA) is 43.4 Å². The van der Waals surface area contributed by atoms with Crippen molar-refractivity contribution in [3.05, 3.63) is 71.1 Å². The maximum atomic E-state index is 5.91. The van der Waals surface area contributed by atoms with E-state index in [1.165, 1.54) is 21.6 Å². The molecule has 0 saturated carbocycles. The number of aryl methyl sites for hydroxylation is 2. The lowest BCUT2D eigenvalue weighted by Crippen LogP contribution is -3.07. The van der Waals surface area contributed by atoms with Crippen LogP contribution in [0, 0.1) is 13.8 Å². The molecule has 0 radical (unpaired) electrons. The number of benzene rings is 2. The van der Waals surface area contributed by atoms with Crippen LogP contribution < -0.4 is 4.90 Å². The van der Waals surface area contributed by atoms with Gasteiger partial charge in [0.15, 0.2) is 6.04 Å².